The third kappa shape index (κ3) is 9.52. The third-order valence-corrected chi connectivity index (χ3v) is 13.7. The highest BCUT2D eigenvalue weighted by atomic mass is 19.4. The minimum atomic E-state index is -4.57. The Hall–Kier alpha value is -6.05. The number of halogens is 6. The van der Waals surface area contributed by atoms with E-state index in [1.165, 1.54) is 38.8 Å². The number of fused-ring (bicyclic) bond motifs is 2. The van der Waals surface area contributed by atoms with Gasteiger partial charge in [-0.15, -0.1) is 0 Å². The number of nitrogens with one attached hydrogen (secondary N) is 2. The van der Waals surface area contributed by atoms with Gasteiger partial charge < -0.3 is 19.7 Å². The van der Waals surface area contributed by atoms with Gasteiger partial charge in [-0.3, -0.25) is 34.0 Å². The van der Waals surface area contributed by atoms with Gasteiger partial charge in [0.25, 0.3) is 12.3 Å². The van der Waals surface area contributed by atoms with E-state index in [1.54, 1.807) is 0 Å². The predicted molar refractivity (Wildman–Crippen MR) is 233 cm³/mol. The number of carbonyl (C=O) groups excluding carboxylic acids is 3. The Balaban J connectivity index is 0.713. The number of likely N-dealkylation sites (tertiary alicyclic amines) is 1. The summed E-state index contributed by atoms with van der Waals surface area (Å²) >= 11 is 0. The Bertz CT molecular complexity index is 2770. The summed E-state index contributed by atoms with van der Waals surface area (Å²) in [6.45, 7) is 1.08. The Kier molecular flexibility index (Phi) is 12.6. The van der Waals surface area contributed by atoms with E-state index in [0.717, 1.165) is 42.1 Å². The van der Waals surface area contributed by atoms with Crippen LogP contribution in [0.2, 0.25) is 0 Å². The first-order chi connectivity index (χ1) is 32.8. The van der Waals surface area contributed by atoms with Gasteiger partial charge >= 0.3 is 6.18 Å². The summed E-state index contributed by atoms with van der Waals surface area (Å²) in [4.78, 5) is 46.0. The van der Waals surface area contributed by atoms with Crippen molar-refractivity contribution in [2.24, 2.45) is 5.92 Å². The zero-order valence-electron chi connectivity index (χ0n) is 36.8. The molecule has 3 amide bonds. The molecule has 0 spiro atoms. The number of hydrogen-bond donors (Lipinski definition) is 2. The molecule has 5 aromatic rings. The molecule has 68 heavy (non-hydrogen) atoms. The van der Waals surface area contributed by atoms with Crippen molar-refractivity contribution >= 4 is 45.8 Å². The number of aromatic nitrogens is 7. The van der Waals surface area contributed by atoms with Crippen LogP contribution in [0, 0.1) is 17.8 Å². The van der Waals surface area contributed by atoms with Crippen molar-refractivity contribution in [1.29, 1.82) is 0 Å². The lowest BCUT2D eigenvalue weighted by atomic mass is 9.85. The Morgan fingerprint density at radius 3 is 2.56 bits per heavy atom. The fourth-order valence-corrected chi connectivity index (χ4v) is 9.94. The average molecular weight is 950 g/mol. The van der Waals surface area contributed by atoms with Crippen molar-refractivity contribution in [3.05, 3.63) is 65.4 Å². The molecule has 2 unspecified atom stereocenters. The summed E-state index contributed by atoms with van der Waals surface area (Å²) in [6, 6.07) is 7.20. The second-order valence-corrected chi connectivity index (χ2v) is 18.3. The van der Waals surface area contributed by atoms with Gasteiger partial charge in [-0.2, -0.15) is 28.5 Å². The van der Waals surface area contributed by atoms with Crippen LogP contribution in [0.1, 0.15) is 110 Å². The van der Waals surface area contributed by atoms with Crippen LogP contribution in [0.15, 0.2) is 42.9 Å². The molecule has 22 heteroatoms. The van der Waals surface area contributed by atoms with Gasteiger partial charge in [0, 0.05) is 50.4 Å². The van der Waals surface area contributed by atoms with Gasteiger partial charge in [0.05, 0.1) is 65.9 Å². The molecule has 4 atom stereocenters. The van der Waals surface area contributed by atoms with Crippen molar-refractivity contribution in [2.75, 3.05) is 56.2 Å². The predicted octanol–water partition coefficient (Wildman–Crippen LogP) is 6.30. The second-order valence-electron chi connectivity index (χ2n) is 18.3. The van der Waals surface area contributed by atoms with Crippen LogP contribution in [0.5, 0.6) is 0 Å². The summed E-state index contributed by atoms with van der Waals surface area (Å²) < 4.78 is 99.8. The highest BCUT2D eigenvalue weighted by molar-refractivity contribution is 6.08. The molecule has 5 aliphatic rings. The molecule has 7 heterocycles. The van der Waals surface area contributed by atoms with Crippen LogP contribution < -0.4 is 15.5 Å². The van der Waals surface area contributed by atoms with Crippen LogP contribution in [0.25, 0.3) is 16.6 Å². The lowest BCUT2D eigenvalue weighted by molar-refractivity contribution is -0.221. The summed E-state index contributed by atoms with van der Waals surface area (Å²) in [5, 5.41) is 19.0. The first-order valence-electron chi connectivity index (χ1n) is 23.0. The molecule has 16 nitrogen and oxygen atoms in total. The normalized spacial score (nSPS) is 25.2. The maximum atomic E-state index is 15.6. The number of piperidine rings is 2. The minimum Gasteiger partial charge on any atom is -0.365 e. The van der Waals surface area contributed by atoms with Crippen LogP contribution in [-0.2, 0) is 19.1 Å². The van der Waals surface area contributed by atoms with Crippen molar-refractivity contribution in [3.63, 3.8) is 0 Å². The van der Waals surface area contributed by atoms with E-state index in [9.17, 15) is 36.3 Å². The van der Waals surface area contributed by atoms with E-state index in [-0.39, 0.29) is 85.3 Å². The summed E-state index contributed by atoms with van der Waals surface area (Å²) in [5.74, 6) is 4.79. The largest absolute Gasteiger partial charge is 0.416 e. The lowest BCUT2D eigenvalue weighted by Gasteiger charge is -2.38. The van der Waals surface area contributed by atoms with Crippen molar-refractivity contribution in [3.8, 4) is 11.8 Å². The van der Waals surface area contributed by atoms with E-state index < -0.39 is 55.0 Å². The molecule has 3 aliphatic heterocycles. The van der Waals surface area contributed by atoms with Gasteiger partial charge in [0.15, 0.2) is 17.4 Å². The van der Waals surface area contributed by atoms with Gasteiger partial charge in [-0.25, -0.2) is 22.7 Å². The minimum absolute atomic E-state index is 0.0351. The number of imide groups is 1. The number of alkyl halides is 6. The number of anilines is 2. The molecule has 0 radical (unpaired) electrons. The topological polar surface area (TPSA) is 166 Å². The molecule has 2 saturated carbocycles. The first kappa shape index (κ1) is 45.7. The monoisotopic (exact) mass is 949 g/mol. The van der Waals surface area contributed by atoms with Crippen molar-refractivity contribution in [2.45, 2.75) is 107 Å². The molecule has 0 bridgehead atoms. The van der Waals surface area contributed by atoms with Gasteiger partial charge in [0.1, 0.15) is 24.2 Å². The average Bonchev–Trinajstić information content (AvgIpc) is 3.74. The maximum Gasteiger partial charge on any atom is 0.416 e. The van der Waals surface area contributed by atoms with E-state index in [0.29, 0.717) is 44.5 Å². The molecule has 2 aliphatic carbocycles. The van der Waals surface area contributed by atoms with E-state index in [1.807, 2.05) is 22.9 Å². The Labute approximate surface area is 385 Å². The fraction of sp³-hybridized carbons (Fsp3) is 0.543. The van der Waals surface area contributed by atoms with Gasteiger partial charge in [-0.1, -0.05) is 24.0 Å². The molecule has 10 rings (SSSR count). The van der Waals surface area contributed by atoms with Crippen LogP contribution in [0.4, 0.5) is 37.8 Å². The van der Waals surface area contributed by atoms with Gasteiger partial charge in [-0.05, 0) is 69.4 Å². The number of ether oxygens (including phenoxy) is 2. The molecule has 3 saturated heterocycles. The zero-order valence-corrected chi connectivity index (χ0v) is 36.8. The van der Waals surface area contributed by atoms with Crippen LogP contribution >= 0.6 is 0 Å². The first-order valence-corrected chi connectivity index (χ1v) is 23.0. The number of rotatable bonds is 11. The number of nitrogens with zero attached hydrogens (tertiary/aromatic N) is 9. The Morgan fingerprint density at radius 1 is 1.00 bits per heavy atom. The van der Waals surface area contributed by atoms with Gasteiger partial charge in [0.2, 0.25) is 11.8 Å². The smallest absolute Gasteiger partial charge is 0.365 e. The molecule has 1 aromatic carbocycles. The second kappa shape index (κ2) is 18.8. The van der Waals surface area contributed by atoms with E-state index in [4.69, 9.17) is 14.6 Å². The molecular weight excluding hydrogens is 901 g/mol. The summed E-state index contributed by atoms with van der Waals surface area (Å²) in [7, 11) is 0. The maximum absolute atomic E-state index is 15.6. The standard InChI is InChI=1S/C46H49F6N11O5/c47-33-23-59(16-14-35(33)67-19-2-4-27-3-1-5-30-39(31-12-13-38(64)56-44(31)65)58-63(41(27)30)29-10-11-29)22-26-6-8-28(9-7-26)62-24-34(40(57-62)42(48)49)54-45(66)32-21-53-61-17-15-37(55-43(32)61)60-18-20-68-36(25-60)46(50,51)52/h1,3,5,15,17,21,24,26,28-29,31,33,35-36,42H,6-14,16,18-20,22-23,25H2,(H,54,66)(H,56,64,65)/t26?,28?,31?,33-,35+,36?/m1/s1. The number of hydrogen-bond acceptors (Lipinski definition) is 11. The van der Waals surface area contributed by atoms with E-state index in [2.05, 4.69) is 42.6 Å². The highest BCUT2D eigenvalue weighted by Gasteiger charge is 2.44. The highest BCUT2D eigenvalue weighted by Crippen LogP contribution is 2.41. The molecule has 2 N–H and O–H groups in total. The molecule has 4 aromatic heterocycles. The molecular formula is C46H49F6N11O5. The number of para-hydroxylation sites is 1. The SMILES string of the molecule is O=C1CCC(c2nn(C3CC3)c3c(C#CCO[C@H]4CCN(CC5CCC(n6cc(NC(=O)c7cnn8ccc(N9CCOC(C(F)(F)F)C9)nc78)c(C(F)F)n6)CC5)C[C@H]4F)cccc23)C(=O)N1. The number of benzene rings is 1. The van der Waals surface area contributed by atoms with Crippen LogP contribution in [-0.4, -0.2) is 127 Å². The number of carbonyl (C=O) groups is 3. The van der Waals surface area contributed by atoms with E-state index >= 15 is 4.39 Å². The third-order valence-electron chi connectivity index (χ3n) is 13.7. The summed E-state index contributed by atoms with van der Waals surface area (Å²) in [5.41, 5.74) is 1.45. The lowest BCUT2D eigenvalue weighted by Crippen LogP contribution is -2.49. The Morgan fingerprint density at radius 2 is 1.81 bits per heavy atom. The molecule has 5 fully saturated rings. The fourth-order valence-electron chi connectivity index (χ4n) is 9.94. The number of amides is 3. The molecule has 360 valence electrons. The van der Waals surface area contributed by atoms with Crippen molar-refractivity contribution < 1.29 is 50.2 Å². The zero-order chi connectivity index (χ0) is 47.3. The van der Waals surface area contributed by atoms with Crippen molar-refractivity contribution in [1.82, 2.24) is 44.4 Å². The number of morpholine rings is 1. The quantitative estimate of drug-likeness (QED) is 0.0868. The van der Waals surface area contributed by atoms with Crippen LogP contribution in [0.3, 0.4) is 0 Å². The summed E-state index contributed by atoms with van der Waals surface area (Å²) in [6.07, 6.45) is -1.38.